The van der Waals surface area contributed by atoms with Gasteiger partial charge in [-0.25, -0.2) is 0 Å². The van der Waals surface area contributed by atoms with Crippen LogP contribution in [0.4, 0.5) is 0 Å². The molecule has 0 aliphatic carbocycles. The first-order chi connectivity index (χ1) is 10.9. The average molecular weight is 382 g/mol. The van der Waals surface area contributed by atoms with Crippen LogP contribution in [0.15, 0.2) is 28.7 Å². The predicted octanol–water partition coefficient (Wildman–Crippen LogP) is 3.05. The zero-order valence-electron chi connectivity index (χ0n) is 14.1. The quantitative estimate of drug-likeness (QED) is 0.795. The Hall–Kier alpha value is -0.910. The number of halogens is 1. The molecule has 5 heteroatoms. The fraction of sp³-hybridized carbons (Fsp3) is 0.611. The highest BCUT2D eigenvalue weighted by atomic mass is 79.9. The summed E-state index contributed by atoms with van der Waals surface area (Å²) >= 11 is 3.46. The van der Waals surface area contributed by atoms with E-state index in [0.717, 1.165) is 49.8 Å². The van der Waals surface area contributed by atoms with Crippen molar-refractivity contribution in [2.75, 3.05) is 13.1 Å². The molecule has 1 unspecified atom stereocenters. The molecule has 0 aromatic heterocycles. The zero-order valence-corrected chi connectivity index (χ0v) is 15.7. The van der Waals surface area contributed by atoms with Crippen LogP contribution in [0.2, 0.25) is 0 Å². The minimum atomic E-state index is -0.747. The first-order valence-electron chi connectivity index (χ1n) is 8.47. The number of hydrogen-bond acceptors (Lipinski definition) is 3. The number of likely N-dealkylation sites (tertiary alicyclic amines) is 1. The summed E-state index contributed by atoms with van der Waals surface area (Å²) in [4.78, 5) is 14.7. The van der Waals surface area contributed by atoms with Gasteiger partial charge in [-0.15, -0.1) is 0 Å². The van der Waals surface area contributed by atoms with Gasteiger partial charge in [-0.05, 0) is 43.9 Å². The fourth-order valence-corrected chi connectivity index (χ4v) is 3.33. The Morgan fingerprint density at radius 2 is 1.96 bits per heavy atom. The summed E-state index contributed by atoms with van der Waals surface area (Å²) in [6, 6.07) is 8.73. The lowest BCUT2D eigenvalue weighted by molar-refractivity contribution is -0.127. The van der Waals surface area contributed by atoms with Crippen molar-refractivity contribution in [2.45, 2.75) is 57.7 Å². The van der Waals surface area contributed by atoms with Crippen LogP contribution in [-0.2, 0) is 11.3 Å². The molecule has 1 saturated heterocycles. The van der Waals surface area contributed by atoms with Gasteiger partial charge in [0.1, 0.15) is 0 Å². The Balaban J connectivity index is 1.77. The van der Waals surface area contributed by atoms with E-state index in [0.29, 0.717) is 0 Å². The Morgan fingerprint density at radius 3 is 2.52 bits per heavy atom. The minimum absolute atomic E-state index is 0.00860. The van der Waals surface area contributed by atoms with E-state index in [1.807, 2.05) is 6.92 Å². The van der Waals surface area contributed by atoms with Crippen molar-refractivity contribution in [2.24, 2.45) is 5.73 Å². The third-order valence-corrected chi connectivity index (χ3v) is 5.06. The van der Waals surface area contributed by atoms with Crippen molar-refractivity contribution in [1.82, 2.24) is 10.2 Å². The van der Waals surface area contributed by atoms with Crippen LogP contribution < -0.4 is 11.1 Å². The molecule has 1 atom stereocenters. The fourth-order valence-electron chi connectivity index (χ4n) is 3.07. The van der Waals surface area contributed by atoms with Crippen LogP contribution in [0.25, 0.3) is 0 Å². The second-order valence-electron chi connectivity index (χ2n) is 6.82. The molecule has 2 rings (SSSR count). The summed E-state index contributed by atoms with van der Waals surface area (Å²) in [6.45, 7) is 6.87. The van der Waals surface area contributed by atoms with Crippen LogP contribution in [0.1, 0.15) is 45.1 Å². The maximum absolute atomic E-state index is 12.3. The molecule has 1 aromatic carbocycles. The van der Waals surface area contributed by atoms with Gasteiger partial charge in [-0.2, -0.15) is 0 Å². The highest BCUT2D eigenvalue weighted by molar-refractivity contribution is 9.10. The first-order valence-corrected chi connectivity index (χ1v) is 9.26. The first kappa shape index (κ1) is 18.4. The van der Waals surface area contributed by atoms with Crippen molar-refractivity contribution in [3.05, 3.63) is 34.3 Å². The summed E-state index contributed by atoms with van der Waals surface area (Å²) in [6.07, 6.45) is 3.63. The average Bonchev–Trinajstić information content (AvgIpc) is 2.51. The van der Waals surface area contributed by atoms with E-state index < -0.39 is 5.54 Å². The van der Waals surface area contributed by atoms with Gasteiger partial charge in [0.2, 0.25) is 5.91 Å². The van der Waals surface area contributed by atoms with Gasteiger partial charge >= 0.3 is 0 Å². The van der Waals surface area contributed by atoms with E-state index in [-0.39, 0.29) is 11.9 Å². The SMILES string of the molecule is CCCC(C)(N)C(=O)NC1CCN(Cc2ccc(Br)cc2)CC1. The predicted molar refractivity (Wildman–Crippen MR) is 98.1 cm³/mol. The largest absolute Gasteiger partial charge is 0.352 e. The van der Waals surface area contributed by atoms with Gasteiger partial charge in [0.05, 0.1) is 5.54 Å². The van der Waals surface area contributed by atoms with Crippen LogP contribution in [-0.4, -0.2) is 35.5 Å². The third-order valence-electron chi connectivity index (χ3n) is 4.53. The second kappa shape index (κ2) is 8.27. The van der Waals surface area contributed by atoms with Gasteiger partial charge < -0.3 is 11.1 Å². The maximum Gasteiger partial charge on any atom is 0.240 e. The third kappa shape index (κ3) is 5.59. The van der Waals surface area contributed by atoms with Crippen molar-refractivity contribution >= 4 is 21.8 Å². The van der Waals surface area contributed by atoms with Gasteiger partial charge in [0.15, 0.2) is 0 Å². The molecule has 1 aliphatic heterocycles. The molecule has 3 N–H and O–H groups in total. The maximum atomic E-state index is 12.3. The molecule has 1 aliphatic rings. The van der Waals surface area contributed by atoms with Crippen LogP contribution in [0.3, 0.4) is 0 Å². The molecule has 1 aromatic rings. The molecule has 0 spiro atoms. The minimum Gasteiger partial charge on any atom is -0.352 e. The van der Waals surface area contributed by atoms with E-state index in [9.17, 15) is 4.79 Å². The summed E-state index contributed by atoms with van der Waals surface area (Å²) in [5.41, 5.74) is 6.68. The number of nitrogens with one attached hydrogen (secondary N) is 1. The molecule has 4 nitrogen and oxygen atoms in total. The number of carbonyl (C=O) groups excluding carboxylic acids is 1. The number of hydrogen-bond donors (Lipinski definition) is 2. The van der Waals surface area contributed by atoms with Gasteiger partial charge in [0, 0.05) is 30.1 Å². The molecule has 128 valence electrons. The van der Waals surface area contributed by atoms with Gasteiger partial charge in [-0.3, -0.25) is 9.69 Å². The molecular formula is C18H28BrN3O. The molecule has 0 radical (unpaired) electrons. The zero-order chi connectivity index (χ0) is 16.9. The standard InChI is InChI=1S/C18H28BrN3O/c1-3-10-18(2,20)17(23)21-16-8-11-22(12-9-16)13-14-4-6-15(19)7-5-14/h4-7,16H,3,8-13,20H2,1-2H3,(H,21,23). The van der Waals surface area contributed by atoms with E-state index in [1.165, 1.54) is 5.56 Å². The molecule has 23 heavy (non-hydrogen) atoms. The Bertz CT molecular complexity index is 508. The summed E-state index contributed by atoms with van der Waals surface area (Å²) in [7, 11) is 0. The monoisotopic (exact) mass is 381 g/mol. The van der Waals surface area contributed by atoms with E-state index in [1.54, 1.807) is 0 Å². The van der Waals surface area contributed by atoms with E-state index >= 15 is 0 Å². The van der Waals surface area contributed by atoms with Gasteiger partial charge in [-0.1, -0.05) is 41.4 Å². The number of rotatable bonds is 6. The molecule has 0 bridgehead atoms. The molecular weight excluding hydrogens is 354 g/mol. The van der Waals surface area contributed by atoms with Crippen molar-refractivity contribution < 1.29 is 4.79 Å². The second-order valence-corrected chi connectivity index (χ2v) is 7.73. The van der Waals surface area contributed by atoms with Crippen LogP contribution in [0.5, 0.6) is 0 Å². The van der Waals surface area contributed by atoms with Crippen LogP contribution in [0, 0.1) is 0 Å². The molecule has 1 amide bonds. The lowest BCUT2D eigenvalue weighted by atomic mass is 9.95. The number of nitrogens with zero attached hydrogens (tertiary/aromatic N) is 1. The molecule has 0 saturated carbocycles. The molecule has 1 heterocycles. The Kier molecular flexibility index (Phi) is 6.62. The van der Waals surface area contributed by atoms with Crippen molar-refractivity contribution in [3.8, 4) is 0 Å². The van der Waals surface area contributed by atoms with E-state index in [4.69, 9.17) is 5.73 Å². The number of carbonyl (C=O) groups is 1. The topological polar surface area (TPSA) is 58.4 Å². The summed E-state index contributed by atoms with van der Waals surface area (Å²) < 4.78 is 1.11. The number of benzene rings is 1. The normalized spacial score (nSPS) is 19.3. The summed E-state index contributed by atoms with van der Waals surface area (Å²) in [5.74, 6) is -0.00860. The highest BCUT2D eigenvalue weighted by Crippen LogP contribution is 2.17. The smallest absolute Gasteiger partial charge is 0.240 e. The Morgan fingerprint density at radius 1 is 1.35 bits per heavy atom. The van der Waals surface area contributed by atoms with Crippen molar-refractivity contribution in [3.63, 3.8) is 0 Å². The highest BCUT2D eigenvalue weighted by Gasteiger charge is 2.30. The van der Waals surface area contributed by atoms with Crippen molar-refractivity contribution in [1.29, 1.82) is 0 Å². The van der Waals surface area contributed by atoms with E-state index in [2.05, 4.69) is 57.3 Å². The lowest BCUT2D eigenvalue weighted by Crippen LogP contribution is -2.55. The van der Waals surface area contributed by atoms with Crippen LogP contribution >= 0.6 is 15.9 Å². The number of piperidine rings is 1. The lowest BCUT2D eigenvalue weighted by Gasteiger charge is -2.34. The van der Waals surface area contributed by atoms with Gasteiger partial charge in [0.25, 0.3) is 0 Å². The summed E-state index contributed by atoms with van der Waals surface area (Å²) in [5, 5.41) is 3.14. The number of amides is 1. The molecule has 1 fully saturated rings. The Labute approximate surface area is 147 Å². The number of nitrogens with two attached hydrogens (primary N) is 1.